The second-order valence-corrected chi connectivity index (χ2v) is 7.62. The van der Waals surface area contributed by atoms with E-state index in [0.29, 0.717) is 17.9 Å². The fourth-order valence-corrected chi connectivity index (χ4v) is 3.93. The van der Waals surface area contributed by atoms with E-state index in [9.17, 15) is 9.59 Å². The van der Waals surface area contributed by atoms with E-state index < -0.39 is 0 Å². The topological polar surface area (TPSA) is 55.8 Å². The number of carbonyl (C=O) groups is 2. The second kappa shape index (κ2) is 6.21. The smallest absolute Gasteiger partial charge is 0.227 e. The van der Waals surface area contributed by atoms with Crippen molar-refractivity contribution in [3.05, 3.63) is 35.0 Å². The summed E-state index contributed by atoms with van der Waals surface area (Å²) in [6.07, 6.45) is 1.51. The maximum Gasteiger partial charge on any atom is 0.227 e. The van der Waals surface area contributed by atoms with E-state index in [1.54, 1.807) is 32.2 Å². The van der Waals surface area contributed by atoms with Crippen molar-refractivity contribution in [1.82, 2.24) is 4.90 Å². The predicted octanol–water partition coefficient (Wildman–Crippen LogP) is 3.29. The Balaban J connectivity index is 2.15. The van der Waals surface area contributed by atoms with Gasteiger partial charge in [-0.1, -0.05) is 19.9 Å². The summed E-state index contributed by atoms with van der Waals surface area (Å²) in [5, 5.41) is 0. The quantitative estimate of drug-likeness (QED) is 0.845. The number of nitrogens with zero attached hydrogens (tertiary/aromatic N) is 1. The van der Waals surface area contributed by atoms with E-state index in [4.69, 9.17) is 9.47 Å². The molecular formula is C20H25NO4. The number of hydrogen-bond acceptors (Lipinski definition) is 4. The van der Waals surface area contributed by atoms with Crippen molar-refractivity contribution in [3.8, 4) is 11.5 Å². The second-order valence-electron chi connectivity index (χ2n) is 7.62. The lowest BCUT2D eigenvalue weighted by Gasteiger charge is -2.41. The van der Waals surface area contributed by atoms with Crippen LogP contribution >= 0.6 is 0 Å². The third-order valence-electron chi connectivity index (χ3n) is 5.22. The van der Waals surface area contributed by atoms with Crippen molar-refractivity contribution in [2.45, 2.75) is 39.0 Å². The van der Waals surface area contributed by atoms with E-state index in [1.807, 2.05) is 12.1 Å². The van der Waals surface area contributed by atoms with Crippen molar-refractivity contribution in [3.63, 3.8) is 0 Å². The highest BCUT2D eigenvalue weighted by Crippen LogP contribution is 2.48. The first-order chi connectivity index (χ1) is 11.8. The number of hydrogen-bond donors (Lipinski definition) is 0. The molecule has 0 saturated carbocycles. The summed E-state index contributed by atoms with van der Waals surface area (Å²) in [5.74, 6) is 1.24. The van der Waals surface area contributed by atoms with Crippen molar-refractivity contribution in [2.24, 2.45) is 5.41 Å². The van der Waals surface area contributed by atoms with Crippen LogP contribution < -0.4 is 9.47 Å². The number of rotatable bonds is 3. The zero-order valence-corrected chi connectivity index (χ0v) is 15.5. The van der Waals surface area contributed by atoms with Gasteiger partial charge in [-0.25, -0.2) is 0 Å². The molecule has 0 bridgehead atoms. The Kier molecular flexibility index (Phi) is 4.35. The first kappa shape index (κ1) is 17.5. The Morgan fingerprint density at radius 3 is 2.48 bits per heavy atom. The summed E-state index contributed by atoms with van der Waals surface area (Å²) in [7, 11) is 4.96. The Labute approximate surface area is 148 Å². The monoisotopic (exact) mass is 343 g/mol. The molecule has 0 fully saturated rings. The molecule has 0 saturated heterocycles. The molecule has 5 heteroatoms. The minimum Gasteiger partial charge on any atom is -0.497 e. The van der Waals surface area contributed by atoms with Gasteiger partial charge in [0.25, 0.3) is 0 Å². The summed E-state index contributed by atoms with van der Waals surface area (Å²) >= 11 is 0. The third kappa shape index (κ3) is 3.03. The van der Waals surface area contributed by atoms with Crippen LogP contribution in [0.25, 0.3) is 0 Å². The molecule has 25 heavy (non-hydrogen) atoms. The third-order valence-corrected chi connectivity index (χ3v) is 5.22. The molecule has 2 aliphatic rings. The number of methoxy groups -OCH3 is 2. The number of allylic oxidation sites excluding steroid dienone is 2. The number of ketones is 1. The first-order valence-electron chi connectivity index (χ1n) is 8.52. The van der Waals surface area contributed by atoms with Crippen LogP contribution in [0.15, 0.2) is 29.5 Å². The molecule has 5 nitrogen and oxygen atoms in total. The van der Waals surface area contributed by atoms with E-state index in [1.165, 1.54) is 0 Å². The molecule has 1 aliphatic carbocycles. The van der Waals surface area contributed by atoms with Crippen LogP contribution in [0.5, 0.6) is 11.5 Å². The predicted molar refractivity (Wildman–Crippen MR) is 94.7 cm³/mol. The fraction of sp³-hybridized carbons (Fsp3) is 0.500. The van der Waals surface area contributed by atoms with E-state index in [-0.39, 0.29) is 29.4 Å². The average molecular weight is 343 g/mol. The van der Waals surface area contributed by atoms with Crippen LogP contribution in [0.2, 0.25) is 0 Å². The van der Waals surface area contributed by atoms with Crippen molar-refractivity contribution in [2.75, 3.05) is 21.3 Å². The highest BCUT2D eigenvalue weighted by atomic mass is 16.5. The molecule has 134 valence electrons. The van der Waals surface area contributed by atoms with E-state index >= 15 is 0 Å². The number of amides is 1. The number of carbonyl (C=O) groups excluding carboxylic acids is 2. The van der Waals surface area contributed by atoms with Gasteiger partial charge in [0.1, 0.15) is 11.5 Å². The van der Waals surface area contributed by atoms with Gasteiger partial charge in [-0.2, -0.15) is 0 Å². The van der Waals surface area contributed by atoms with Crippen molar-refractivity contribution >= 4 is 11.7 Å². The lowest BCUT2D eigenvalue weighted by atomic mass is 9.69. The average Bonchev–Trinajstić information content (AvgIpc) is 2.56. The first-order valence-corrected chi connectivity index (χ1v) is 8.52. The number of benzene rings is 1. The van der Waals surface area contributed by atoms with Gasteiger partial charge in [-0.05, 0) is 17.9 Å². The Morgan fingerprint density at radius 2 is 1.84 bits per heavy atom. The van der Waals surface area contributed by atoms with Gasteiger partial charge in [0, 0.05) is 48.7 Å². The molecule has 1 heterocycles. The van der Waals surface area contributed by atoms with Gasteiger partial charge in [0.15, 0.2) is 5.78 Å². The van der Waals surface area contributed by atoms with Gasteiger partial charge < -0.3 is 14.4 Å². The number of ether oxygens (including phenoxy) is 2. The fourth-order valence-electron chi connectivity index (χ4n) is 3.93. The molecule has 1 aliphatic heterocycles. The Bertz CT molecular complexity index is 763. The van der Waals surface area contributed by atoms with Crippen LogP contribution in [-0.2, 0) is 9.59 Å². The Hall–Kier alpha value is -2.30. The number of Topliss-reactive ketones (excluding diaryl/α,β-unsaturated/α-hetero) is 1. The lowest BCUT2D eigenvalue weighted by Crippen LogP contribution is -2.41. The molecule has 0 aromatic heterocycles. The van der Waals surface area contributed by atoms with Crippen molar-refractivity contribution < 1.29 is 19.1 Å². The van der Waals surface area contributed by atoms with Crippen LogP contribution in [0, 0.1) is 5.41 Å². The van der Waals surface area contributed by atoms with Gasteiger partial charge in [0.05, 0.1) is 14.2 Å². The molecule has 0 spiro atoms. The standard InChI is InChI=1S/C20H25NO4/c1-20(2)10-15-19(16(22)11-20)14(9-18(23)21(15)3)13-7-6-12(24-4)8-17(13)25-5/h6-8,14H,9-11H2,1-5H3. The van der Waals surface area contributed by atoms with Crippen LogP contribution in [0.1, 0.15) is 44.6 Å². The highest BCUT2D eigenvalue weighted by molar-refractivity contribution is 6.02. The largest absolute Gasteiger partial charge is 0.497 e. The van der Waals surface area contributed by atoms with E-state index in [0.717, 1.165) is 23.3 Å². The minimum absolute atomic E-state index is 0.0344. The molecular weight excluding hydrogens is 318 g/mol. The SMILES string of the molecule is COc1ccc(C2CC(=O)N(C)C3=C2C(=O)CC(C)(C)C3)c(OC)c1. The maximum atomic E-state index is 12.9. The van der Waals surface area contributed by atoms with Gasteiger partial charge in [-0.3, -0.25) is 9.59 Å². The van der Waals surface area contributed by atoms with Crippen LogP contribution in [-0.4, -0.2) is 37.9 Å². The molecule has 1 unspecified atom stereocenters. The van der Waals surface area contributed by atoms with Crippen molar-refractivity contribution in [1.29, 1.82) is 0 Å². The minimum atomic E-state index is -0.261. The summed E-state index contributed by atoms with van der Waals surface area (Å²) in [6, 6.07) is 5.55. The molecule has 1 amide bonds. The van der Waals surface area contributed by atoms with Crippen LogP contribution in [0.4, 0.5) is 0 Å². The maximum absolute atomic E-state index is 12.9. The summed E-state index contributed by atoms with van der Waals surface area (Å²) in [5.41, 5.74) is 2.37. The lowest BCUT2D eigenvalue weighted by molar-refractivity contribution is -0.130. The zero-order valence-electron chi connectivity index (χ0n) is 15.5. The molecule has 0 radical (unpaired) electrons. The van der Waals surface area contributed by atoms with Gasteiger partial charge >= 0.3 is 0 Å². The zero-order chi connectivity index (χ0) is 18.4. The normalized spacial score (nSPS) is 22.8. The highest BCUT2D eigenvalue weighted by Gasteiger charge is 2.43. The van der Waals surface area contributed by atoms with Gasteiger partial charge in [0.2, 0.25) is 5.91 Å². The van der Waals surface area contributed by atoms with Gasteiger partial charge in [-0.15, -0.1) is 0 Å². The van der Waals surface area contributed by atoms with E-state index in [2.05, 4.69) is 13.8 Å². The summed E-state index contributed by atoms with van der Waals surface area (Å²) in [6.45, 7) is 4.15. The summed E-state index contributed by atoms with van der Waals surface area (Å²) in [4.78, 5) is 27.2. The molecule has 0 N–H and O–H groups in total. The molecule has 3 rings (SSSR count). The molecule has 1 aromatic carbocycles. The molecule has 1 atom stereocenters. The van der Waals surface area contributed by atoms with Crippen LogP contribution in [0.3, 0.4) is 0 Å². The molecule has 1 aromatic rings. The summed E-state index contributed by atoms with van der Waals surface area (Å²) < 4.78 is 10.8. The Morgan fingerprint density at radius 1 is 1.12 bits per heavy atom.